The van der Waals surface area contributed by atoms with Crippen LogP contribution < -0.4 is 9.64 Å². The van der Waals surface area contributed by atoms with E-state index >= 15 is 0 Å². The van der Waals surface area contributed by atoms with E-state index in [2.05, 4.69) is 46.3 Å². The van der Waals surface area contributed by atoms with E-state index < -0.39 is 0 Å². The average Bonchev–Trinajstić information content (AvgIpc) is 2.93. The number of aryl methyl sites for hydroxylation is 1. The fourth-order valence-corrected chi connectivity index (χ4v) is 4.29. The summed E-state index contributed by atoms with van der Waals surface area (Å²) in [7, 11) is 0. The molecule has 4 aromatic rings. The molecule has 6 nitrogen and oxygen atoms in total. The molecule has 1 aromatic heterocycles. The van der Waals surface area contributed by atoms with Gasteiger partial charge in [0.1, 0.15) is 5.75 Å². The standard InChI is InChI=1S/C29H28N4O2/c1-22-7-5-6-10-26(22)27-15-16-28(31-30-27)32-17-19-33(20-18-32)29(34)21-35-25-13-11-24(12-14-25)23-8-3-2-4-9-23/h2-16H,17-21H2,1H3. The van der Waals surface area contributed by atoms with Gasteiger partial charge in [-0.25, -0.2) is 0 Å². The lowest BCUT2D eigenvalue weighted by Gasteiger charge is -2.35. The van der Waals surface area contributed by atoms with Gasteiger partial charge >= 0.3 is 0 Å². The predicted molar refractivity (Wildman–Crippen MR) is 138 cm³/mol. The van der Waals surface area contributed by atoms with Crippen LogP contribution in [-0.4, -0.2) is 53.8 Å². The maximum absolute atomic E-state index is 12.7. The van der Waals surface area contributed by atoms with Gasteiger partial charge in [0, 0.05) is 31.7 Å². The summed E-state index contributed by atoms with van der Waals surface area (Å²) in [6.45, 7) is 4.82. The minimum absolute atomic E-state index is 0.00206. The van der Waals surface area contributed by atoms with Crippen molar-refractivity contribution in [2.45, 2.75) is 6.92 Å². The van der Waals surface area contributed by atoms with Crippen molar-refractivity contribution in [2.75, 3.05) is 37.7 Å². The summed E-state index contributed by atoms with van der Waals surface area (Å²) in [6.07, 6.45) is 0. The highest BCUT2D eigenvalue weighted by molar-refractivity contribution is 5.78. The number of hydrogen-bond donors (Lipinski definition) is 0. The van der Waals surface area contributed by atoms with E-state index in [4.69, 9.17) is 4.74 Å². The van der Waals surface area contributed by atoms with Crippen molar-refractivity contribution < 1.29 is 9.53 Å². The topological polar surface area (TPSA) is 58.6 Å². The average molecular weight is 465 g/mol. The van der Waals surface area contributed by atoms with Crippen LogP contribution in [0.25, 0.3) is 22.4 Å². The number of benzene rings is 3. The Morgan fingerprint density at radius 2 is 1.46 bits per heavy atom. The quantitative estimate of drug-likeness (QED) is 0.408. The second-order valence-electron chi connectivity index (χ2n) is 8.64. The number of amides is 1. The lowest BCUT2D eigenvalue weighted by molar-refractivity contribution is -0.133. The first-order valence-electron chi connectivity index (χ1n) is 11.9. The monoisotopic (exact) mass is 464 g/mol. The summed E-state index contributed by atoms with van der Waals surface area (Å²) >= 11 is 0. The summed E-state index contributed by atoms with van der Waals surface area (Å²) in [5.74, 6) is 1.53. The summed E-state index contributed by atoms with van der Waals surface area (Å²) in [5, 5.41) is 8.88. The number of carbonyl (C=O) groups is 1. The third-order valence-corrected chi connectivity index (χ3v) is 6.35. The molecule has 35 heavy (non-hydrogen) atoms. The highest BCUT2D eigenvalue weighted by atomic mass is 16.5. The molecular formula is C29H28N4O2. The number of rotatable bonds is 6. The van der Waals surface area contributed by atoms with Crippen LogP contribution in [0.5, 0.6) is 5.75 Å². The Balaban J connectivity index is 1.11. The largest absolute Gasteiger partial charge is 0.484 e. The van der Waals surface area contributed by atoms with Crippen molar-refractivity contribution in [3.8, 4) is 28.1 Å². The first kappa shape index (κ1) is 22.6. The van der Waals surface area contributed by atoms with E-state index in [0.717, 1.165) is 41.3 Å². The zero-order chi connectivity index (χ0) is 24.0. The van der Waals surface area contributed by atoms with Gasteiger partial charge in [0.25, 0.3) is 5.91 Å². The molecular weight excluding hydrogens is 436 g/mol. The molecule has 3 aromatic carbocycles. The van der Waals surface area contributed by atoms with E-state index in [1.165, 1.54) is 5.56 Å². The van der Waals surface area contributed by atoms with E-state index in [1.54, 1.807) is 0 Å². The Morgan fingerprint density at radius 1 is 0.771 bits per heavy atom. The fraction of sp³-hybridized carbons (Fsp3) is 0.207. The first-order valence-corrected chi connectivity index (χ1v) is 11.9. The Kier molecular flexibility index (Phi) is 6.70. The summed E-state index contributed by atoms with van der Waals surface area (Å²) in [6, 6.07) is 30.2. The molecule has 0 atom stereocenters. The Labute approximate surface area is 205 Å². The summed E-state index contributed by atoms with van der Waals surface area (Å²) in [5.41, 5.74) is 5.42. The van der Waals surface area contributed by atoms with Crippen molar-refractivity contribution in [2.24, 2.45) is 0 Å². The molecule has 0 unspecified atom stereocenters. The highest BCUT2D eigenvalue weighted by Gasteiger charge is 2.22. The van der Waals surface area contributed by atoms with E-state index in [1.807, 2.05) is 71.6 Å². The Bertz CT molecular complexity index is 1270. The fourth-order valence-electron chi connectivity index (χ4n) is 4.29. The highest BCUT2D eigenvalue weighted by Crippen LogP contribution is 2.23. The molecule has 1 aliphatic heterocycles. The maximum atomic E-state index is 12.7. The Hall–Kier alpha value is -4.19. The molecule has 2 heterocycles. The van der Waals surface area contributed by atoms with Gasteiger partial charge in [-0.3, -0.25) is 4.79 Å². The van der Waals surface area contributed by atoms with Crippen LogP contribution in [0.15, 0.2) is 91.0 Å². The summed E-state index contributed by atoms with van der Waals surface area (Å²) in [4.78, 5) is 16.7. The van der Waals surface area contributed by atoms with Crippen molar-refractivity contribution >= 4 is 11.7 Å². The molecule has 0 radical (unpaired) electrons. The van der Waals surface area contributed by atoms with Crippen LogP contribution in [0.2, 0.25) is 0 Å². The number of carbonyl (C=O) groups excluding carboxylic acids is 1. The molecule has 0 saturated carbocycles. The molecule has 1 aliphatic rings. The zero-order valence-corrected chi connectivity index (χ0v) is 19.8. The number of anilines is 1. The van der Waals surface area contributed by atoms with Crippen LogP contribution in [0.1, 0.15) is 5.56 Å². The minimum Gasteiger partial charge on any atom is -0.484 e. The van der Waals surface area contributed by atoms with E-state index in [9.17, 15) is 4.79 Å². The first-order chi connectivity index (χ1) is 17.2. The molecule has 0 aliphatic carbocycles. The smallest absolute Gasteiger partial charge is 0.260 e. The molecule has 0 bridgehead atoms. The number of ether oxygens (including phenoxy) is 1. The molecule has 1 fully saturated rings. The number of hydrogen-bond acceptors (Lipinski definition) is 5. The number of piperazine rings is 1. The van der Waals surface area contributed by atoms with Gasteiger partial charge in [0.15, 0.2) is 12.4 Å². The SMILES string of the molecule is Cc1ccccc1-c1ccc(N2CCN(C(=O)COc3ccc(-c4ccccc4)cc3)CC2)nn1. The Morgan fingerprint density at radius 3 is 2.14 bits per heavy atom. The van der Waals surface area contributed by atoms with Crippen molar-refractivity contribution in [1.82, 2.24) is 15.1 Å². The molecule has 6 heteroatoms. The van der Waals surface area contributed by atoms with Crippen molar-refractivity contribution in [3.05, 3.63) is 96.6 Å². The minimum atomic E-state index is -0.00206. The predicted octanol–water partition coefficient (Wildman–Crippen LogP) is 4.85. The molecule has 176 valence electrons. The van der Waals surface area contributed by atoms with Crippen molar-refractivity contribution in [1.29, 1.82) is 0 Å². The van der Waals surface area contributed by atoms with E-state index in [0.29, 0.717) is 18.8 Å². The number of aromatic nitrogens is 2. The second-order valence-corrected chi connectivity index (χ2v) is 8.64. The lowest BCUT2D eigenvalue weighted by Crippen LogP contribution is -2.50. The molecule has 1 saturated heterocycles. The van der Waals surface area contributed by atoms with Crippen LogP contribution in [0.4, 0.5) is 5.82 Å². The molecule has 5 rings (SSSR count). The van der Waals surface area contributed by atoms with Gasteiger partial charge < -0.3 is 14.5 Å². The van der Waals surface area contributed by atoms with Crippen LogP contribution in [0.3, 0.4) is 0 Å². The molecule has 0 spiro atoms. The van der Waals surface area contributed by atoms with Gasteiger partial charge in [-0.2, -0.15) is 0 Å². The second kappa shape index (κ2) is 10.4. The van der Waals surface area contributed by atoms with Gasteiger partial charge in [-0.15, -0.1) is 10.2 Å². The lowest BCUT2D eigenvalue weighted by atomic mass is 10.1. The zero-order valence-electron chi connectivity index (χ0n) is 19.8. The van der Waals surface area contributed by atoms with Gasteiger partial charge in [0.05, 0.1) is 5.69 Å². The third-order valence-electron chi connectivity index (χ3n) is 6.35. The maximum Gasteiger partial charge on any atom is 0.260 e. The summed E-state index contributed by atoms with van der Waals surface area (Å²) < 4.78 is 5.76. The van der Waals surface area contributed by atoms with Gasteiger partial charge in [0.2, 0.25) is 0 Å². The van der Waals surface area contributed by atoms with Gasteiger partial charge in [-0.1, -0.05) is 66.7 Å². The van der Waals surface area contributed by atoms with Crippen LogP contribution in [-0.2, 0) is 4.79 Å². The van der Waals surface area contributed by atoms with Crippen LogP contribution >= 0.6 is 0 Å². The molecule has 0 N–H and O–H groups in total. The third kappa shape index (κ3) is 5.32. The van der Waals surface area contributed by atoms with Gasteiger partial charge in [-0.05, 0) is 47.9 Å². The van der Waals surface area contributed by atoms with Crippen molar-refractivity contribution in [3.63, 3.8) is 0 Å². The van der Waals surface area contributed by atoms with Crippen LogP contribution in [0, 0.1) is 6.92 Å². The molecule has 1 amide bonds. The normalized spacial score (nSPS) is 13.5. The number of nitrogens with zero attached hydrogens (tertiary/aromatic N) is 4. The van der Waals surface area contributed by atoms with E-state index in [-0.39, 0.29) is 12.5 Å².